The number of hydrogen-bond donors (Lipinski definition) is 0. The summed E-state index contributed by atoms with van der Waals surface area (Å²) in [5.74, 6) is 0. The van der Waals surface area contributed by atoms with E-state index < -0.39 is 0 Å². The maximum atomic E-state index is 0. The fraction of sp³-hybridized carbons (Fsp3) is 1.00. The van der Waals surface area contributed by atoms with Crippen molar-refractivity contribution in [2.45, 2.75) is 7.43 Å². The molecule has 3 heteroatoms. The first-order valence-corrected chi connectivity index (χ1v) is 0. The summed E-state index contributed by atoms with van der Waals surface area (Å²) in [6.07, 6.45) is 0. The van der Waals surface area contributed by atoms with Gasteiger partial charge in [-0.1, -0.05) is 7.43 Å². The van der Waals surface area contributed by atoms with E-state index in [0.29, 0.717) is 0 Å². The van der Waals surface area contributed by atoms with Crippen LogP contribution in [0.3, 0.4) is 0 Å². The molecule has 0 radical (unpaired) electrons. The molecule has 1 nitrogen and oxygen atoms in total. The summed E-state index contributed by atoms with van der Waals surface area (Å²) in [5, 5.41) is 0. The second-order valence-electron chi connectivity index (χ2n) is 0. The van der Waals surface area contributed by atoms with Gasteiger partial charge >= 0.3 is 0 Å². The Morgan fingerprint density at radius 2 is 1.00 bits per heavy atom. The van der Waals surface area contributed by atoms with Crippen LogP contribution in [-0.4, -0.2) is 5.48 Å². The maximum absolute atomic E-state index is 0. The standard InChI is InChI=1S/CH4.Hf.H2O.Ti/h1H4;;1H2;. The number of rotatable bonds is 0. The Morgan fingerprint density at radius 1 is 1.00 bits per heavy atom. The van der Waals surface area contributed by atoms with Crippen LogP contribution in [0, 0.1) is 0 Å². The van der Waals surface area contributed by atoms with E-state index in [0.717, 1.165) is 0 Å². The molecule has 0 aliphatic heterocycles. The van der Waals surface area contributed by atoms with Crippen LogP contribution in [0.25, 0.3) is 0 Å². The minimum atomic E-state index is 0. The predicted molar refractivity (Wildman–Crippen MR) is 10.3 cm³/mol. The van der Waals surface area contributed by atoms with Gasteiger partial charge in [0.25, 0.3) is 0 Å². The minimum absolute atomic E-state index is 0. The predicted octanol–water partition coefficient (Wildman–Crippen LogP) is -0.194. The topological polar surface area (TPSA) is 31.5 Å². The molecule has 0 aromatic carbocycles. The summed E-state index contributed by atoms with van der Waals surface area (Å²) >= 11 is 0. The van der Waals surface area contributed by atoms with E-state index >= 15 is 0 Å². The molecule has 0 aromatic rings. The normalized spacial score (nSPS) is 0. The van der Waals surface area contributed by atoms with Crippen LogP contribution in [0.1, 0.15) is 7.43 Å². The summed E-state index contributed by atoms with van der Waals surface area (Å²) < 4.78 is 0. The van der Waals surface area contributed by atoms with Gasteiger partial charge in [0.15, 0.2) is 0 Å². The first-order chi connectivity index (χ1) is 0. The Hall–Kier alpha value is 1.54. The van der Waals surface area contributed by atoms with Gasteiger partial charge in [0.2, 0.25) is 0 Å². The van der Waals surface area contributed by atoms with Crippen LogP contribution in [0.2, 0.25) is 0 Å². The first-order valence-electron chi connectivity index (χ1n) is 0. The first kappa shape index (κ1) is 48.0. The zero-order valence-electron chi connectivity index (χ0n) is 1.50. The molecule has 0 heterocycles. The van der Waals surface area contributed by atoms with Crippen LogP contribution in [0.15, 0.2) is 0 Å². The summed E-state index contributed by atoms with van der Waals surface area (Å²) in [5.41, 5.74) is 0. The Bertz CT molecular complexity index is 8.00. The molecule has 4 heavy (non-hydrogen) atoms. The van der Waals surface area contributed by atoms with Gasteiger partial charge in [-0.15, -0.1) is 0 Å². The fourth-order valence-electron chi connectivity index (χ4n) is 0. The van der Waals surface area contributed by atoms with E-state index in [4.69, 9.17) is 0 Å². The van der Waals surface area contributed by atoms with Crippen molar-refractivity contribution in [2.75, 3.05) is 0 Å². The summed E-state index contributed by atoms with van der Waals surface area (Å²) in [7, 11) is 0. The summed E-state index contributed by atoms with van der Waals surface area (Å²) in [6, 6.07) is 0. The molecule has 0 saturated heterocycles. The van der Waals surface area contributed by atoms with E-state index in [1.807, 2.05) is 0 Å². The average Bonchev–Trinajstić information content (AvgIpc) is 0. The smallest absolute Gasteiger partial charge is 0 e. The molecule has 0 aliphatic carbocycles. The van der Waals surface area contributed by atoms with Crippen molar-refractivity contribution in [3.63, 3.8) is 0 Å². The van der Waals surface area contributed by atoms with Gasteiger partial charge < -0.3 is 5.48 Å². The molecule has 0 atom stereocenters. The van der Waals surface area contributed by atoms with Crippen LogP contribution >= 0.6 is 0 Å². The molecule has 24 valence electrons. The molecule has 0 fully saturated rings. The maximum Gasteiger partial charge on any atom is 0 e. The Kier molecular flexibility index (Phi) is 287. The second-order valence-corrected chi connectivity index (χ2v) is 0. The molecule has 0 amide bonds. The zero-order chi connectivity index (χ0) is 0. The van der Waals surface area contributed by atoms with Crippen molar-refractivity contribution in [3.05, 3.63) is 0 Å². The quantitative estimate of drug-likeness (QED) is 0.541. The van der Waals surface area contributed by atoms with Gasteiger partial charge in [-0.2, -0.15) is 0 Å². The molecule has 0 aliphatic rings. The number of hydrogen-bond acceptors (Lipinski definition) is 0. The van der Waals surface area contributed by atoms with E-state index in [9.17, 15) is 0 Å². The van der Waals surface area contributed by atoms with Crippen LogP contribution < -0.4 is 0 Å². The van der Waals surface area contributed by atoms with Gasteiger partial charge in [0.1, 0.15) is 0 Å². The van der Waals surface area contributed by atoms with Gasteiger partial charge in [-0.05, 0) is 0 Å². The fourth-order valence-corrected chi connectivity index (χ4v) is 0. The van der Waals surface area contributed by atoms with E-state index in [2.05, 4.69) is 0 Å². The van der Waals surface area contributed by atoms with E-state index in [1.54, 1.807) is 0 Å². The van der Waals surface area contributed by atoms with Crippen LogP contribution in [-0.2, 0) is 47.6 Å². The van der Waals surface area contributed by atoms with Crippen molar-refractivity contribution in [1.82, 2.24) is 0 Å². The van der Waals surface area contributed by atoms with Gasteiger partial charge in [-0.3, -0.25) is 0 Å². The molecule has 0 bridgehead atoms. The molecular formula is CH6HfOTi. The van der Waals surface area contributed by atoms with Crippen molar-refractivity contribution in [1.29, 1.82) is 0 Å². The van der Waals surface area contributed by atoms with E-state index in [-0.39, 0.29) is 60.5 Å². The monoisotopic (exact) mass is 262 g/mol. The van der Waals surface area contributed by atoms with Gasteiger partial charge in [0, 0.05) is 47.6 Å². The van der Waals surface area contributed by atoms with Crippen LogP contribution in [0.4, 0.5) is 0 Å². The van der Waals surface area contributed by atoms with Crippen molar-refractivity contribution in [3.8, 4) is 0 Å². The largest absolute Gasteiger partial charge is 0.412 e. The summed E-state index contributed by atoms with van der Waals surface area (Å²) in [6.45, 7) is 0. The van der Waals surface area contributed by atoms with Gasteiger partial charge in [-0.25, -0.2) is 0 Å². The Morgan fingerprint density at radius 3 is 1.00 bits per heavy atom. The Balaban J connectivity index is 0. The SMILES string of the molecule is C.O.[Hf].[Ti]. The third-order valence-corrected chi connectivity index (χ3v) is 0. The molecule has 0 rings (SSSR count). The molecule has 0 spiro atoms. The van der Waals surface area contributed by atoms with Gasteiger partial charge in [0.05, 0.1) is 0 Å². The second kappa shape index (κ2) is 23.9. The third-order valence-electron chi connectivity index (χ3n) is 0. The molecule has 0 saturated carbocycles. The molecule has 0 aromatic heterocycles. The van der Waals surface area contributed by atoms with E-state index in [1.165, 1.54) is 0 Å². The molecule has 0 unspecified atom stereocenters. The average molecular weight is 260 g/mol. The Labute approximate surface area is 60.1 Å². The van der Waals surface area contributed by atoms with Crippen molar-refractivity contribution < 1.29 is 53.0 Å². The zero-order valence-corrected chi connectivity index (χ0v) is 6.65. The van der Waals surface area contributed by atoms with Crippen molar-refractivity contribution >= 4 is 0 Å². The van der Waals surface area contributed by atoms with Crippen molar-refractivity contribution in [2.24, 2.45) is 0 Å². The summed E-state index contributed by atoms with van der Waals surface area (Å²) in [4.78, 5) is 0. The third kappa shape index (κ3) is 9.62. The molecular weight excluding hydrogens is 254 g/mol. The minimum Gasteiger partial charge on any atom is -0.412 e. The molecule has 2 N–H and O–H groups in total. The van der Waals surface area contributed by atoms with Crippen LogP contribution in [0.5, 0.6) is 0 Å².